The Morgan fingerprint density at radius 3 is 0.912 bits per heavy atom. The molecule has 0 saturated carbocycles. The summed E-state index contributed by atoms with van der Waals surface area (Å²) in [5.41, 5.74) is 4.35. The van der Waals surface area contributed by atoms with Crippen molar-refractivity contribution in [1.29, 1.82) is 0 Å². The number of nitrogens with zero attached hydrogens (tertiary/aromatic N) is 4. The third kappa shape index (κ3) is 5.36. The van der Waals surface area contributed by atoms with Crippen LogP contribution in [-0.2, 0) is 13.2 Å². The number of anilines is 4. The van der Waals surface area contributed by atoms with E-state index < -0.39 is 0 Å². The predicted octanol–water partition coefficient (Wildman–Crippen LogP) is 4.06. The Hall–Kier alpha value is -3.88. The van der Waals surface area contributed by atoms with Gasteiger partial charge in [-0.25, -0.2) is 9.59 Å². The molecule has 0 atom stereocenters. The first-order chi connectivity index (χ1) is 16.3. The summed E-state index contributed by atoms with van der Waals surface area (Å²) >= 11 is 0. The Morgan fingerprint density at radius 1 is 0.500 bits per heavy atom. The molecule has 0 aromatic heterocycles. The molecule has 178 valence electrons. The fourth-order valence-corrected chi connectivity index (χ4v) is 3.44. The van der Waals surface area contributed by atoms with Crippen molar-refractivity contribution >= 4 is 34.8 Å². The Morgan fingerprint density at radius 2 is 0.706 bits per heavy atom. The number of aliphatic hydroxyl groups excluding tert-OH is 2. The normalized spacial score (nSPS) is 10.5. The third-order valence-corrected chi connectivity index (χ3v) is 5.78. The molecular formula is C26H30N4O4. The molecule has 0 spiro atoms. The van der Waals surface area contributed by atoms with Crippen LogP contribution < -0.4 is 19.6 Å². The van der Waals surface area contributed by atoms with E-state index in [0.29, 0.717) is 22.7 Å². The highest BCUT2D eigenvalue weighted by Crippen LogP contribution is 2.24. The van der Waals surface area contributed by atoms with E-state index in [-0.39, 0.29) is 25.3 Å². The van der Waals surface area contributed by atoms with E-state index in [1.54, 1.807) is 101 Å². The molecule has 3 aromatic rings. The molecule has 0 heterocycles. The third-order valence-electron chi connectivity index (χ3n) is 5.78. The van der Waals surface area contributed by atoms with Crippen LogP contribution in [0, 0.1) is 0 Å². The number of urea groups is 2. The van der Waals surface area contributed by atoms with Crippen LogP contribution in [-0.4, -0.2) is 50.5 Å². The minimum Gasteiger partial charge on any atom is -0.392 e. The summed E-state index contributed by atoms with van der Waals surface area (Å²) in [5, 5.41) is 18.4. The second-order valence-corrected chi connectivity index (χ2v) is 7.97. The van der Waals surface area contributed by atoms with Gasteiger partial charge in [0.05, 0.1) is 13.2 Å². The van der Waals surface area contributed by atoms with Crippen molar-refractivity contribution in [3.63, 3.8) is 0 Å². The molecule has 8 heteroatoms. The fourth-order valence-electron chi connectivity index (χ4n) is 3.44. The average Bonchev–Trinajstić information content (AvgIpc) is 2.90. The summed E-state index contributed by atoms with van der Waals surface area (Å²) in [6.45, 7) is -0.0974. The van der Waals surface area contributed by atoms with Crippen molar-refractivity contribution in [3.8, 4) is 0 Å². The van der Waals surface area contributed by atoms with Crippen molar-refractivity contribution in [3.05, 3.63) is 83.9 Å². The fraction of sp³-hybridized carbons (Fsp3) is 0.231. The lowest BCUT2D eigenvalue weighted by atomic mass is 10.2. The van der Waals surface area contributed by atoms with Crippen LogP contribution in [0.15, 0.2) is 72.8 Å². The molecule has 0 unspecified atom stereocenters. The molecule has 34 heavy (non-hydrogen) atoms. The van der Waals surface area contributed by atoms with Gasteiger partial charge in [-0.1, -0.05) is 24.3 Å². The number of amides is 4. The number of rotatable bonds is 6. The first-order valence-corrected chi connectivity index (χ1v) is 10.8. The smallest absolute Gasteiger partial charge is 0.328 e. The molecule has 0 aliphatic rings. The van der Waals surface area contributed by atoms with Crippen LogP contribution in [0.4, 0.5) is 32.3 Å². The second-order valence-electron chi connectivity index (χ2n) is 7.97. The Bertz CT molecular complexity index is 1020. The summed E-state index contributed by atoms with van der Waals surface area (Å²) in [4.78, 5) is 32.0. The van der Waals surface area contributed by atoms with Gasteiger partial charge in [0.1, 0.15) is 0 Å². The zero-order valence-corrected chi connectivity index (χ0v) is 19.8. The van der Waals surface area contributed by atoms with Gasteiger partial charge in [0.25, 0.3) is 0 Å². The highest BCUT2D eigenvalue weighted by Gasteiger charge is 2.20. The number of hydrogen-bond donors (Lipinski definition) is 2. The highest BCUT2D eigenvalue weighted by atomic mass is 16.3. The summed E-state index contributed by atoms with van der Waals surface area (Å²) in [6.07, 6.45) is 0. The minimum absolute atomic E-state index is 0.0487. The Kier molecular flexibility index (Phi) is 7.88. The molecule has 8 nitrogen and oxygen atoms in total. The van der Waals surface area contributed by atoms with Crippen molar-refractivity contribution in [2.75, 3.05) is 47.8 Å². The van der Waals surface area contributed by atoms with Gasteiger partial charge < -0.3 is 10.2 Å². The topological polar surface area (TPSA) is 87.6 Å². The quantitative estimate of drug-likeness (QED) is 0.578. The van der Waals surface area contributed by atoms with E-state index in [2.05, 4.69) is 0 Å². The van der Waals surface area contributed by atoms with Gasteiger partial charge in [0.2, 0.25) is 0 Å². The number of hydrogen-bond acceptors (Lipinski definition) is 4. The number of benzene rings is 3. The SMILES string of the molecule is CN(C(=O)N(C)c1ccc(N(C)C(=O)N(C)c2ccc(CO)cc2)cc1)c1ccc(CO)cc1. The molecule has 3 rings (SSSR count). The summed E-state index contributed by atoms with van der Waals surface area (Å²) in [6, 6.07) is 21.0. The Labute approximate surface area is 199 Å². The molecule has 3 aromatic carbocycles. The highest BCUT2D eigenvalue weighted by molar-refractivity contribution is 6.04. The molecule has 0 radical (unpaired) electrons. The molecule has 2 N–H and O–H groups in total. The lowest BCUT2D eigenvalue weighted by Gasteiger charge is -2.27. The standard InChI is InChI=1S/C26H30N4O4/c1-27(21-9-5-19(17-31)6-10-21)25(33)29(3)23-13-15-24(16-14-23)30(4)26(34)28(2)22-11-7-20(18-32)8-12-22/h5-16,31-32H,17-18H2,1-4H3. The lowest BCUT2D eigenvalue weighted by molar-refractivity contribution is 0.253. The zero-order chi connectivity index (χ0) is 24.8. The number of carbonyl (C=O) groups is 2. The van der Waals surface area contributed by atoms with E-state index >= 15 is 0 Å². The largest absolute Gasteiger partial charge is 0.392 e. The van der Waals surface area contributed by atoms with Crippen LogP contribution in [0.2, 0.25) is 0 Å². The maximum Gasteiger partial charge on any atom is 0.328 e. The number of carbonyl (C=O) groups excluding carboxylic acids is 2. The second kappa shape index (κ2) is 10.8. The van der Waals surface area contributed by atoms with Crippen LogP contribution in [0.25, 0.3) is 0 Å². The van der Waals surface area contributed by atoms with Gasteiger partial charge in [0.15, 0.2) is 0 Å². The van der Waals surface area contributed by atoms with E-state index in [0.717, 1.165) is 11.1 Å². The average molecular weight is 463 g/mol. The molecule has 0 aliphatic heterocycles. The van der Waals surface area contributed by atoms with E-state index in [1.165, 1.54) is 19.6 Å². The van der Waals surface area contributed by atoms with E-state index in [1.807, 2.05) is 0 Å². The molecule has 4 amide bonds. The maximum atomic E-state index is 12.9. The molecule has 0 aliphatic carbocycles. The summed E-state index contributed by atoms with van der Waals surface area (Å²) in [7, 11) is 6.76. The van der Waals surface area contributed by atoms with Crippen LogP contribution in [0.3, 0.4) is 0 Å². The van der Waals surface area contributed by atoms with E-state index in [4.69, 9.17) is 0 Å². The van der Waals surface area contributed by atoms with Crippen molar-refractivity contribution in [1.82, 2.24) is 0 Å². The van der Waals surface area contributed by atoms with Gasteiger partial charge in [-0.15, -0.1) is 0 Å². The van der Waals surface area contributed by atoms with Gasteiger partial charge in [-0.05, 0) is 59.7 Å². The van der Waals surface area contributed by atoms with Crippen molar-refractivity contribution in [2.45, 2.75) is 13.2 Å². The van der Waals surface area contributed by atoms with Gasteiger partial charge in [-0.2, -0.15) is 0 Å². The van der Waals surface area contributed by atoms with Crippen molar-refractivity contribution in [2.24, 2.45) is 0 Å². The lowest BCUT2D eigenvalue weighted by Crippen LogP contribution is -2.39. The molecule has 0 saturated heterocycles. The number of aliphatic hydroxyl groups is 2. The first-order valence-electron chi connectivity index (χ1n) is 10.8. The van der Waals surface area contributed by atoms with Gasteiger partial charge in [0, 0.05) is 50.9 Å². The molecular weight excluding hydrogens is 432 g/mol. The summed E-state index contributed by atoms with van der Waals surface area (Å²) < 4.78 is 0. The van der Waals surface area contributed by atoms with E-state index in [9.17, 15) is 19.8 Å². The summed E-state index contributed by atoms with van der Waals surface area (Å²) in [5.74, 6) is 0. The van der Waals surface area contributed by atoms with Gasteiger partial charge >= 0.3 is 12.1 Å². The molecule has 0 fully saturated rings. The van der Waals surface area contributed by atoms with Crippen molar-refractivity contribution < 1.29 is 19.8 Å². The Balaban J connectivity index is 1.68. The molecule has 0 bridgehead atoms. The van der Waals surface area contributed by atoms with Crippen LogP contribution in [0.5, 0.6) is 0 Å². The zero-order valence-electron chi connectivity index (χ0n) is 19.8. The first kappa shape index (κ1) is 24.8. The predicted molar refractivity (Wildman–Crippen MR) is 136 cm³/mol. The minimum atomic E-state index is -0.222. The maximum absolute atomic E-state index is 12.9. The van der Waals surface area contributed by atoms with Crippen LogP contribution in [0.1, 0.15) is 11.1 Å². The van der Waals surface area contributed by atoms with Gasteiger partial charge in [-0.3, -0.25) is 19.6 Å². The van der Waals surface area contributed by atoms with Crippen LogP contribution >= 0.6 is 0 Å². The monoisotopic (exact) mass is 462 g/mol.